The van der Waals surface area contributed by atoms with Crippen LogP contribution < -0.4 is 5.73 Å². The predicted octanol–water partition coefficient (Wildman–Crippen LogP) is 3.63. The molecular formula is C15H16ClN3OS. The van der Waals surface area contributed by atoms with Gasteiger partial charge in [0.2, 0.25) is 0 Å². The number of aliphatic hydroxyl groups excluding tert-OH is 1. The van der Waals surface area contributed by atoms with Crippen LogP contribution in [-0.4, -0.2) is 14.7 Å². The van der Waals surface area contributed by atoms with Gasteiger partial charge in [-0.1, -0.05) is 11.6 Å². The SMILES string of the molecule is CC(O)c1nc2cc(N)ccc2n1CCc1ccc(Cl)s1. The molecule has 3 rings (SSSR count). The third-order valence-electron chi connectivity index (χ3n) is 3.39. The molecule has 0 spiro atoms. The highest BCUT2D eigenvalue weighted by Gasteiger charge is 2.15. The van der Waals surface area contributed by atoms with E-state index in [1.54, 1.807) is 18.3 Å². The number of thiophene rings is 1. The summed E-state index contributed by atoms with van der Waals surface area (Å²) in [4.78, 5) is 5.72. The molecule has 6 heteroatoms. The number of aryl methyl sites for hydroxylation is 2. The van der Waals surface area contributed by atoms with E-state index in [0.717, 1.165) is 28.3 Å². The molecule has 0 amide bonds. The topological polar surface area (TPSA) is 64.1 Å². The van der Waals surface area contributed by atoms with E-state index in [2.05, 4.69) is 4.98 Å². The Bertz CT molecular complexity index is 778. The van der Waals surface area contributed by atoms with Crippen LogP contribution in [0.25, 0.3) is 11.0 Å². The van der Waals surface area contributed by atoms with Crippen LogP contribution in [-0.2, 0) is 13.0 Å². The first kappa shape index (κ1) is 14.4. The molecule has 21 heavy (non-hydrogen) atoms. The van der Waals surface area contributed by atoms with Gasteiger partial charge in [0.1, 0.15) is 11.9 Å². The van der Waals surface area contributed by atoms with Gasteiger partial charge in [-0.25, -0.2) is 4.98 Å². The van der Waals surface area contributed by atoms with E-state index in [0.29, 0.717) is 11.5 Å². The van der Waals surface area contributed by atoms with Crippen molar-refractivity contribution in [2.24, 2.45) is 0 Å². The fraction of sp³-hybridized carbons (Fsp3) is 0.267. The van der Waals surface area contributed by atoms with E-state index < -0.39 is 6.10 Å². The summed E-state index contributed by atoms with van der Waals surface area (Å²) in [7, 11) is 0. The number of aromatic nitrogens is 2. The summed E-state index contributed by atoms with van der Waals surface area (Å²) in [6.07, 6.45) is 0.234. The zero-order valence-corrected chi connectivity index (χ0v) is 13.2. The first-order valence-corrected chi connectivity index (χ1v) is 7.92. The van der Waals surface area contributed by atoms with Crippen molar-refractivity contribution in [2.75, 3.05) is 5.73 Å². The van der Waals surface area contributed by atoms with Gasteiger partial charge in [-0.15, -0.1) is 11.3 Å². The second kappa shape index (κ2) is 5.67. The van der Waals surface area contributed by atoms with Gasteiger partial charge < -0.3 is 15.4 Å². The Kier molecular flexibility index (Phi) is 3.89. The minimum atomic E-state index is -0.620. The van der Waals surface area contributed by atoms with E-state index in [4.69, 9.17) is 17.3 Å². The van der Waals surface area contributed by atoms with Gasteiger partial charge in [0.05, 0.1) is 15.4 Å². The molecule has 1 atom stereocenters. The van der Waals surface area contributed by atoms with E-state index >= 15 is 0 Å². The first-order chi connectivity index (χ1) is 10.0. The Labute approximate surface area is 131 Å². The normalized spacial score (nSPS) is 12.9. The van der Waals surface area contributed by atoms with Crippen LogP contribution in [0.3, 0.4) is 0 Å². The molecule has 0 aliphatic carbocycles. The van der Waals surface area contributed by atoms with Crippen molar-refractivity contribution in [3.05, 3.63) is 45.4 Å². The molecule has 0 radical (unpaired) electrons. The van der Waals surface area contributed by atoms with Crippen molar-refractivity contribution in [3.8, 4) is 0 Å². The van der Waals surface area contributed by atoms with Gasteiger partial charge in [0.15, 0.2) is 0 Å². The molecule has 2 aromatic heterocycles. The monoisotopic (exact) mass is 321 g/mol. The van der Waals surface area contributed by atoms with Gasteiger partial charge in [-0.05, 0) is 43.7 Å². The minimum absolute atomic E-state index is 0.620. The van der Waals surface area contributed by atoms with E-state index in [9.17, 15) is 5.11 Å². The summed E-state index contributed by atoms with van der Waals surface area (Å²) >= 11 is 7.54. The number of nitrogens with zero attached hydrogens (tertiary/aromatic N) is 2. The molecule has 2 heterocycles. The predicted molar refractivity (Wildman–Crippen MR) is 87.8 cm³/mol. The lowest BCUT2D eigenvalue weighted by Gasteiger charge is -2.10. The molecule has 0 fully saturated rings. The molecule has 0 saturated heterocycles. The van der Waals surface area contributed by atoms with Crippen LogP contribution in [0, 0.1) is 0 Å². The summed E-state index contributed by atoms with van der Waals surface area (Å²) in [6, 6.07) is 9.58. The highest BCUT2D eigenvalue weighted by atomic mass is 35.5. The third kappa shape index (κ3) is 2.90. The highest BCUT2D eigenvalue weighted by molar-refractivity contribution is 7.16. The largest absolute Gasteiger partial charge is 0.399 e. The number of hydrogen-bond donors (Lipinski definition) is 2. The van der Waals surface area contributed by atoms with Crippen molar-refractivity contribution in [1.29, 1.82) is 0 Å². The number of halogens is 1. The lowest BCUT2D eigenvalue weighted by Crippen LogP contribution is -2.08. The number of anilines is 1. The summed E-state index contributed by atoms with van der Waals surface area (Å²) in [5.41, 5.74) is 8.28. The van der Waals surface area contributed by atoms with Crippen LogP contribution in [0.2, 0.25) is 4.34 Å². The molecule has 0 saturated carbocycles. The third-order valence-corrected chi connectivity index (χ3v) is 4.68. The Hall–Kier alpha value is -1.56. The van der Waals surface area contributed by atoms with E-state index in [1.165, 1.54) is 4.88 Å². The number of hydrogen-bond acceptors (Lipinski definition) is 4. The maximum atomic E-state index is 9.94. The standard InChI is InChI=1S/C15H16ClN3OS/c1-9(20)15-18-12-8-10(17)2-4-13(12)19(15)7-6-11-3-5-14(16)21-11/h2-5,8-9,20H,6-7,17H2,1H3. The maximum absolute atomic E-state index is 9.94. The average molecular weight is 322 g/mol. The van der Waals surface area contributed by atoms with Gasteiger partial charge >= 0.3 is 0 Å². The minimum Gasteiger partial charge on any atom is -0.399 e. The molecule has 0 aliphatic rings. The summed E-state index contributed by atoms with van der Waals surface area (Å²) in [5.74, 6) is 0.665. The zero-order chi connectivity index (χ0) is 15.0. The molecule has 3 aromatic rings. The van der Waals surface area contributed by atoms with Crippen molar-refractivity contribution in [3.63, 3.8) is 0 Å². The van der Waals surface area contributed by atoms with Crippen LogP contribution in [0.1, 0.15) is 23.7 Å². The average Bonchev–Trinajstić information content (AvgIpc) is 2.99. The molecule has 1 aromatic carbocycles. The quantitative estimate of drug-likeness (QED) is 0.721. The zero-order valence-electron chi connectivity index (χ0n) is 11.6. The van der Waals surface area contributed by atoms with Crippen molar-refractivity contribution >= 4 is 39.7 Å². The Morgan fingerprint density at radius 3 is 2.86 bits per heavy atom. The van der Waals surface area contributed by atoms with Crippen LogP contribution in [0.5, 0.6) is 0 Å². The molecule has 0 aliphatic heterocycles. The molecule has 0 bridgehead atoms. The van der Waals surface area contributed by atoms with E-state index in [-0.39, 0.29) is 0 Å². The Morgan fingerprint density at radius 2 is 2.19 bits per heavy atom. The Balaban J connectivity index is 1.97. The number of benzene rings is 1. The lowest BCUT2D eigenvalue weighted by molar-refractivity contribution is 0.184. The van der Waals surface area contributed by atoms with Crippen LogP contribution in [0.15, 0.2) is 30.3 Å². The second-order valence-electron chi connectivity index (χ2n) is 5.00. The summed E-state index contributed by atoms with van der Waals surface area (Å²) < 4.78 is 2.84. The fourth-order valence-electron chi connectivity index (χ4n) is 2.43. The fourth-order valence-corrected chi connectivity index (χ4v) is 3.50. The van der Waals surface area contributed by atoms with E-state index in [1.807, 2.05) is 34.9 Å². The number of imidazole rings is 1. The van der Waals surface area contributed by atoms with Gasteiger partial charge in [-0.2, -0.15) is 0 Å². The van der Waals surface area contributed by atoms with Gasteiger partial charge in [0, 0.05) is 17.1 Å². The molecule has 3 N–H and O–H groups in total. The number of nitrogens with two attached hydrogens (primary N) is 1. The van der Waals surface area contributed by atoms with Crippen LogP contribution in [0.4, 0.5) is 5.69 Å². The summed E-state index contributed by atoms with van der Waals surface area (Å²) in [6.45, 7) is 2.47. The molecular weight excluding hydrogens is 306 g/mol. The number of fused-ring (bicyclic) bond motifs is 1. The maximum Gasteiger partial charge on any atom is 0.138 e. The lowest BCUT2D eigenvalue weighted by atomic mass is 10.2. The number of aliphatic hydroxyl groups is 1. The van der Waals surface area contributed by atoms with Crippen molar-refractivity contribution in [2.45, 2.75) is 26.0 Å². The second-order valence-corrected chi connectivity index (χ2v) is 6.80. The summed E-state index contributed by atoms with van der Waals surface area (Å²) in [5, 5.41) is 9.94. The first-order valence-electron chi connectivity index (χ1n) is 6.72. The van der Waals surface area contributed by atoms with Gasteiger partial charge in [0.25, 0.3) is 0 Å². The molecule has 4 nitrogen and oxygen atoms in total. The number of rotatable bonds is 4. The van der Waals surface area contributed by atoms with Crippen LogP contribution >= 0.6 is 22.9 Å². The van der Waals surface area contributed by atoms with Gasteiger partial charge in [-0.3, -0.25) is 0 Å². The smallest absolute Gasteiger partial charge is 0.138 e. The van der Waals surface area contributed by atoms with Crippen molar-refractivity contribution < 1.29 is 5.11 Å². The molecule has 110 valence electrons. The Morgan fingerprint density at radius 1 is 1.38 bits per heavy atom. The number of nitrogen functional groups attached to an aromatic ring is 1. The highest BCUT2D eigenvalue weighted by Crippen LogP contribution is 2.25. The van der Waals surface area contributed by atoms with Crippen molar-refractivity contribution in [1.82, 2.24) is 9.55 Å². The molecule has 1 unspecified atom stereocenters.